The van der Waals surface area contributed by atoms with Crippen molar-refractivity contribution < 1.29 is 29.1 Å². The molecular weight excluding hydrogens is 699 g/mol. The molecule has 16 heteroatoms. The second kappa shape index (κ2) is 21.4. The van der Waals surface area contributed by atoms with Gasteiger partial charge in [0.25, 0.3) is 0 Å². The van der Waals surface area contributed by atoms with E-state index >= 15 is 0 Å². The monoisotopic (exact) mass is 751 g/mol. The number of carboxylic acid groups (broad SMARTS) is 1. The van der Waals surface area contributed by atoms with E-state index in [-0.39, 0.29) is 50.5 Å². The number of carbonyl (C=O) groups is 5. The Bertz CT molecular complexity index is 1700. The van der Waals surface area contributed by atoms with Crippen LogP contribution in [0.5, 0.6) is 0 Å². The molecule has 0 radical (unpaired) electrons. The predicted octanol–water partition coefficient (Wildman–Crippen LogP) is 1.16. The van der Waals surface area contributed by atoms with Crippen molar-refractivity contribution in [2.75, 3.05) is 18.6 Å². The van der Waals surface area contributed by atoms with Crippen LogP contribution in [-0.2, 0) is 36.8 Å². The zero-order valence-corrected chi connectivity index (χ0v) is 31.3. The quantitative estimate of drug-likeness (QED) is 0.0402. The van der Waals surface area contributed by atoms with E-state index in [9.17, 15) is 29.1 Å². The molecule has 1 aromatic heterocycles. The lowest BCUT2D eigenvalue weighted by Gasteiger charge is -2.26. The summed E-state index contributed by atoms with van der Waals surface area (Å²) >= 11 is 1.46. The standard InChI is InChI=1S/C37H53N9O6S/c1-22(2)18-26(38)32(47)45-30(20-24-21-42-27-13-8-7-12-25(24)27)35(50)44-29(15-17-53-3)34(49)43-28(14-9-16-41-37(39)40)33(48)46-31(36(51)52)19-23-10-5-4-6-11-23/h4-8,10-13,21-22,26,28-31,42H,9,14-20,38H2,1-3H3,(H,43,49)(H,44,50)(H,45,47)(H,46,48)(H,51,52)(H4,39,40,41). The SMILES string of the molecule is CSCCC(NC(=O)C(Cc1c[nH]c2ccccc12)NC(=O)C(N)CC(C)C)C(=O)NC(CCCN=C(N)N)C(=O)NC(Cc1ccccc1)C(=O)O. The van der Waals surface area contributed by atoms with Gasteiger partial charge in [0, 0.05) is 36.5 Å². The third kappa shape index (κ3) is 14.1. The fourth-order valence-electron chi connectivity index (χ4n) is 5.77. The van der Waals surface area contributed by atoms with Crippen molar-refractivity contribution in [3.8, 4) is 0 Å². The number of H-pyrrole nitrogens is 1. The summed E-state index contributed by atoms with van der Waals surface area (Å²) < 4.78 is 0. The first-order valence-electron chi connectivity index (χ1n) is 17.6. The van der Waals surface area contributed by atoms with Crippen LogP contribution in [0, 0.1) is 5.92 Å². The van der Waals surface area contributed by atoms with Crippen LogP contribution in [0.25, 0.3) is 10.9 Å². The smallest absolute Gasteiger partial charge is 0.326 e. The van der Waals surface area contributed by atoms with E-state index in [1.54, 1.807) is 36.5 Å². The molecule has 5 atom stereocenters. The maximum Gasteiger partial charge on any atom is 0.326 e. The fourth-order valence-corrected chi connectivity index (χ4v) is 6.24. The molecule has 3 rings (SSSR count). The first-order valence-corrected chi connectivity index (χ1v) is 19.0. The van der Waals surface area contributed by atoms with Crippen molar-refractivity contribution in [2.45, 2.75) is 82.6 Å². The number of rotatable bonds is 22. The molecular formula is C37H53N9O6S. The van der Waals surface area contributed by atoms with E-state index in [2.05, 4.69) is 31.2 Å². The zero-order valence-electron chi connectivity index (χ0n) is 30.5. The average molecular weight is 752 g/mol. The molecule has 0 saturated carbocycles. The van der Waals surface area contributed by atoms with Crippen LogP contribution in [0.2, 0.25) is 0 Å². The van der Waals surface area contributed by atoms with Gasteiger partial charge >= 0.3 is 5.97 Å². The second-order valence-corrected chi connectivity index (χ2v) is 14.3. The van der Waals surface area contributed by atoms with Crippen LogP contribution in [0.4, 0.5) is 0 Å². The van der Waals surface area contributed by atoms with Gasteiger partial charge in [0.15, 0.2) is 5.96 Å². The molecule has 0 fully saturated rings. The van der Waals surface area contributed by atoms with Crippen LogP contribution >= 0.6 is 11.8 Å². The second-order valence-electron chi connectivity index (χ2n) is 13.3. The maximum atomic E-state index is 14.0. The minimum atomic E-state index is -1.27. The Hall–Kier alpha value is -5.09. The largest absolute Gasteiger partial charge is 0.480 e. The first-order chi connectivity index (χ1) is 25.3. The lowest BCUT2D eigenvalue weighted by molar-refractivity contribution is -0.142. The number of aromatic amines is 1. The average Bonchev–Trinajstić information content (AvgIpc) is 3.52. The number of benzene rings is 2. The number of carbonyl (C=O) groups excluding carboxylic acids is 4. The van der Waals surface area contributed by atoms with Gasteiger partial charge in [-0.3, -0.25) is 24.2 Å². The maximum absolute atomic E-state index is 14.0. The molecule has 0 spiro atoms. The van der Waals surface area contributed by atoms with E-state index in [0.29, 0.717) is 17.7 Å². The Morgan fingerprint density at radius 1 is 0.792 bits per heavy atom. The molecule has 0 aliphatic rings. The molecule has 15 nitrogen and oxygen atoms in total. The predicted molar refractivity (Wildman–Crippen MR) is 208 cm³/mol. The number of hydrogen-bond acceptors (Lipinski definition) is 8. The number of fused-ring (bicyclic) bond motifs is 1. The Morgan fingerprint density at radius 2 is 1.38 bits per heavy atom. The minimum Gasteiger partial charge on any atom is -0.480 e. The summed E-state index contributed by atoms with van der Waals surface area (Å²) in [6.07, 6.45) is 4.72. The zero-order chi connectivity index (χ0) is 38.9. The highest BCUT2D eigenvalue weighted by molar-refractivity contribution is 7.98. The summed E-state index contributed by atoms with van der Waals surface area (Å²) in [6, 6.07) is 10.9. The molecule has 0 bridgehead atoms. The van der Waals surface area contributed by atoms with Gasteiger partial charge in [-0.05, 0) is 60.8 Å². The Kier molecular flexibility index (Phi) is 17.1. The number of nitrogens with one attached hydrogen (secondary N) is 5. The van der Waals surface area contributed by atoms with Gasteiger partial charge < -0.3 is 48.6 Å². The number of thioether (sulfide) groups is 1. The highest BCUT2D eigenvalue weighted by Gasteiger charge is 2.32. The van der Waals surface area contributed by atoms with Gasteiger partial charge in [0.1, 0.15) is 24.2 Å². The molecule has 1 heterocycles. The molecule has 0 aliphatic heterocycles. The Labute approximate surface area is 314 Å². The van der Waals surface area contributed by atoms with Crippen LogP contribution in [0.1, 0.15) is 50.7 Å². The molecule has 3 aromatic rings. The van der Waals surface area contributed by atoms with E-state index < -0.39 is 59.8 Å². The molecule has 288 valence electrons. The normalized spacial score (nSPS) is 14.0. The fraction of sp³-hybridized carbons (Fsp3) is 0.459. The third-order valence-electron chi connectivity index (χ3n) is 8.51. The molecule has 0 aliphatic carbocycles. The summed E-state index contributed by atoms with van der Waals surface area (Å²) in [5.74, 6) is -3.23. The summed E-state index contributed by atoms with van der Waals surface area (Å²) in [6.45, 7) is 4.05. The molecule has 12 N–H and O–H groups in total. The summed E-state index contributed by atoms with van der Waals surface area (Å²) in [7, 11) is 0. The summed E-state index contributed by atoms with van der Waals surface area (Å²) in [5, 5.41) is 21.7. The van der Waals surface area contributed by atoms with Gasteiger partial charge in [-0.15, -0.1) is 0 Å². The number of hydrogen-bond donors (Lipinski definition) is 9. The molecule has 4 amide bonds. The van der Waals surface area contributed by atoms with Crippen LogP contribution in [0.15, 0.2) is 65.8 Å². The number of aliphatic imine (C=N–C) groups is 1. The first kappa shape index (κ1) is 42.3. The van der Waals surface area contributed by atoms with Gasteiger partial charge in [-0.1, -0.05) is 62.4 Å². The Morgan fingerprint density at radius 3 is 2.00 bits per heavy atom. The number of carboxylic acids is 1. The highest BCUT2D eigenvalue weighted by atomic mass is 32.2. The van der Waals surface area contributed by atoms with E-state index in [0.717, 1.165) is 16.5 Å². The van der Waals surface area contributed by atoms with Crippen molar-refractivity contribution in [3.05, 3.63) is 71.9 Å². The number of aromatic nitrogens is 1. The van der Waals surface area contributed by atoms with E-state index in [1.807, 2.05) is 44.4 Å². The molecule has 5 unspecified atom stereocenters. The van der Waals surface area contributed by atoms with Crippen LogP contribution in [-0.4, -0.2) is 94.4 Å². The molecule has 53 heavy (non-hydrogen) atoms. The number of guanidine groups is 1. The van der Waals surface area contributed by atoms with E-state index in [4.69, 9.17) is 17.2 Å². The van der Waals surface area contributed by atoms with Gasteiger partial charge in [-0.25, -0.2) is 4.79 Å². The van der Waals surface area contributed by atoms with Gasteiger partial charge in [0.05, 0.1) is 6.04 Å². The Balaban J connectivity index is 1.85. The number of para-hydroxylation sites is 1. The highest BCUT2D eigenvalue weighted by Crippen LogP contribution is 2.20. The van der Waals surface area contributed by atoms with E-state index in [1.165, 1.54) is 11.8 Å². The van der Waals surface area contributed by atoms with Crippen molar-refractivity contribution in [3.63, 3.8) is 0 Å². The minimum absolute atomic E-state index is 0.0212. The molecule has 0 saturated heterocycles. The van der Waals surface area contributed by atoms with Crippen LogP contribution < -0.4 is 38.5 Å². The van der Waals surface area contributed by atoms with Crippen molar-refractivity contribution in [2.24, 2.45) is 28.1 Å². The number of aliphatic carboxylic acids is 1. The van der Waals surface area contributed by atoms with Crippen molar-refractivity contribution in [1.82, 2.24) is 26.3 Å². The molecule has 2 aromatic carbocycles. The third-order valence-corrected chi connectivity index (χ3v) is 9.16. The lowest BCUT2D eigenvalue weighted by atomic mass is 10.0. The van der Waals surface area contributed by atoms with Crippen molar-refractivity contribution >= 4 is 58.2 Å². The summed E-state index contributed by atoms with van der Waals surface area (Å²) in [4.78, 5) is 74.0. The topological polar surface area (TPSA) is 260 Å². The number of amides is 4. The lowest BCUT2D eigenvalue weighted by Crippen LogP contribution is -2.59. The van der Waals surface area contributed by atoms with Crippen LogP contribution in [0.3, 0.4) is 0 Å². The van der Waals surface area contributed by atoms with Gasteiger partial charge in [-0.2, -0.15) is 11.8 Å². The van der Waals surface area contributed by atoms with Crippen molar-refractivity contribution in [1.29, 1.82) is 0 Å². The summed E-state index contributed by atoms with van der Waals surface area (Å²) in [5.41, 5.74) is 19.4. The number of nitrogens with zero attached hydrogens (tertiary/aromatic N) is 1. The van der Waals surface area contributed by atoms with Gasteiger partial charge in [0.2, 0.25) is 23.6 Å². The number of nitrogens with two attached hydrogens (primary N) is 3.